The molecule has 21 heavy (non-hydrogen) atoms. The van der Waals surface area contributed by atoms with E-state index in [4.69, 9.17) is 0 Å². The number of fused-ring (bicyclic) bond motifs is 1. The molecule has 0 saturated heterocycles. The Kier molecular flexibility index (Phi) is 3.70. The highest BCUT2D eigenvalue weighted by atomic mass is 79.9. The average Bonchev–Trinajstić information content (AvgIpc) is 2.91. The molecular weight excluding hydrogens is 332 g/mol. The Morgan fingerprint density at radius 2 is 2.14 bits per heavy atom. The number of carbonyl (C=O) groups is 1. The van der Waals surface area contributed by atoms with E-state index in [-0.39, 0.29) is 10.7 Å². The van der Waals surface area contributed by atoms with Crippen molar-refractivity contribution < 1.29 is 4.79 Å². The lowest BCUT2D eigenvalue weighted by Gasteiger charge is -2.12. The molecule has 1 amide bonds. The molecule has 0 bridgehead atoms. The summed E-state index contributed by atoms with van der Waals surface area (Å²) in [5, 5.41) is 7.08. The normalized spacial score (nSPS) is 12.3. The number of nitrogens with one attached hydrogen (secondary N) is 1. The highest BCUT2D eigenvalue weighted by molar-refractivity contribution is 9.09. The molecule has 3 aromatic rings. The average molecular weight is 345 g/mol. The number of para-hydroxylation sites is 1. The largest absolute Gasteiger partial charge is 0.322 e. The molecule has 1 aromatic carbocycles. The van der Waals surface area contributed by atoms with Gasteiger partial charge in [-0.25, -0.2) is 4.52 Å². The molecule has 0 saturated carbocycles. The predicted octanol–water partition coefficient (Wildman–Crippen LogP) is 3.44. The van der Waals surface area contributed by atoms with Crippen molar-refractivity contribution in [3.63, 3.8) is 0 Å². The summed E-state index contributed by atoms with van der Waals surface area (Å²) in [4.78, 5) is 16.6. The maximum Gasteiger partial charge on any atom is 0.259 e. The second-order valence-corrected chi connectivity index (χ2v) is 6.00. The molecule has 0 aliphatic heterocycles. The number of hydrogen-bond acceptors (Lipinski definition) is 3. The number of nitrogens with zero attached hydrogens (tertiary/aromatic N) is 3. The highest BCUT2D eigenvalue weighted by Crippen LogP contribution is 2.29. The standard InChI is InChI=1S/C15H13BrN4O/c1-10(16)11-4-2-3-5-13(11)19-15(21)12-8-18-20-7-6-17-9-14(12)20/h2-10H,1H3,(H,19,21). The number of amides is 1. The zero-order valence-corrected chi connectivity index (χ0v) is 12.9. The van der Waals surface area contributed by atoms with Crippen LogP contribution in [0.15, 0.2) is 49.1 Å². The molecule has 1 atom stereocenters. The lowest BCUT2D eigenvalue weighted by molar-refractivity contribution is 0.102. The summed E-state index contributed by atoms with van der Waals surface area (Å²) in [5.41, 5.74) is 3.00. The van der Waals surface area contributed by atoms with E-state index >= 15 is 0 Å². The molecule has 1 N–H and O–H groups in total. The van der Waals surface area contributed by atoms with Gasteiger partial charge in [0.25, 0.3) is 5.91 Å². The van der Waals surface area contributed by atoms with Crippen LogP contribution in [0.4, 0.5) is 5.69 Å². The van der Waals surface area contributed by atoms with Gasteiger partial charge in [0.1, 0.15) is 0 Å². The van der Waals surface area contributed by atoms with Crippen molar-refractivity contribution in [2.24, 2.45) is 0 Å². The van der Waals surface area contributed by atoms with E-state index in [2.05, 4.69) is 31.3 Å². The van der Waals surface area contributed by atoms with Gasteiger partial charge in [0.15, 0.2) is 0 Å². The maximum absolute atomic E-state index is 12.5. The van der Waals surface area contributed by atoms with E-state index in [1.165, 1.54) is 0 Å². The molecule has 0 radical (unpaired) electrons. The van der Waals surface area contributed by atoms with Gasteiger partial charge in [-0.3, -0.25) is 9.78 Å². The summed E-state index contributed by atoms with van der Waals surface area (Å²) in [6.07, 6.45) is 6.51. The van der Waals surface area contributed by atoms with Crippen LogP contribution in [0.2, 0.25) is 0 Å². The van der Waals surface area contributed by atoms with Crippen molar-refractivity contribution in [2.45, 2.75) is 11.8 Å². The van der Waals surface area contributed by atoms with Crippen LogP contribution in [0.25, 0.3) is 5.52 Å². The Hall–Kier alpha value is -2.21. The van der Waals surface area contributed by atoms with Crippen molar-refractivity contribution in [1.82, 2.24) is 14.6 Å². The Bertz CT molecular complexity index is 797. The molecule has 5 nitrogen and oxygen atoms in total. The minimum absolute atomic E-state index is 0.152. The number of benzene rings is 1. The fraction of sp³-hybridized carbons (Fsp3) is 0.133. The third-order valence-corrected chi connectivity index (χ3v) is 3.70. The van der Waals surface area contributed by atoms with Crippen molar-refractivity contribution in [2.75, 3.05) is 5.32 Å². The molecule has 6 heteroatoms. The Morgan fingerprint density at radius 3 is 2.95 bits per heavy atom. The first kappa shape index (κ1) is 13.8. The summed E-state index contributed by atoms with van der Waals surface area (Å²) < 4.78 is 1.63. The van der Waals surface area contributed by atoms with Crippen LogP contribution < -0.4 is 5.32 Å². The van der Waals surface area contributed by atoms with E-state index in [0.717, 1.165) is 11.3 Å². The Labute approximate surface area is 130 Å². The van der Waals surface area contributed by atoms with Crippen LogP contribution in [0, 0.1) is 0 Å². The van der Waals surface area contributed by atoms with E-state index < -0.39 is 0 Å². The van der Waals surface area contributed by atoms with Crippen LogP contribution in [-0.2, 0) is 0 Å². The first-order chi connectivity index (χ1) is 10.2. The number of rotatable bonds is 3. The van der Waals surface area contributed by atoms with Crippen LogP contribution in [0.5, 0.6) is 0 Å². The van der Waals surface area contributed by atoms with Crippen molar-refractivity contribution in [3.05, 3.63) is 60.2 Å². The SMILES string of the molecule is CC(Br)c1ccccc1NC(=O)c1cnn2ccncc12. The summed E-state index contributed by atoms with van der Waals surface area (Å²) in [7, 11) is 0. The molecular formula is C15H13BrN4O. The third kappa shape index (κ3) is 2.67. The number of halogens is 1. The Balaban J connectivity index is 1.94. The van der Waals surface area contributed by atoms with Gasteiger partial charge in [-0.2, -0.15) is 5.10 Å². The quantitative estimate of drug-likeness (QED) is 0.740. The first-order valence-corrected chi connectivity index (χ1v) is 7.40. The molecule has 0 fully saturated rings. The Morgan fingerprint density at radius 1 is 1.33 bits per heavy atom. The van der Waals surface area contributed by atoms with Crippen LogP contribution >= 0.6 is 15.9 Å². The maximum atomic E-state index is 12.5. The number of carbonyl (C=O) groups excluding carboxylic acids is 1. The van der Waals surface area contributed by atoms with E-state index in [9.17, 15) is 4.79 Å². The second-order valence-electron chi connectivity index (χ2n) is 4.62. The predicted molar refractivity (Wildman–Crippen MR) is 84.7 cm³/mol. The molecule has 106 valence electrons. The van der Waals surface area contributed by atoms with Crippen molar-refractivity contribution >= 4 is 33.0 Å². The molecule has 2 aromatic heterocycles. The van der Waals surface area contributed by atoms with Gasteiger partial charge in [0, 0.05) is 22.9 Å². The van der Waals surface area contributed by atoms with E-state index in [0.29, 0.717) is 11.1 Å². The minimum Gasteiger partial charge on any atom is -0.322 e. The molecule has 2 heterocycles. The van der Waals surface area contributed by atoms with Gasteiger partial charge in [0.2, 0.25) is 0 Å². The van der Waals surface area contributed by atoms with Gasteiger partial charge < -0.3 is 5.32 Å². The zero-order chi connectivity index (χ0) is 14.8. The van der Waals surface area contributed by atoms with Gasteiger partial charge in [-0.05, 0) is 18.6 Å². The molecule has 3 rings (SSSR count). The van der Waals surface area contributed by atoms with Crippen LogP contribution in [-0.4, -0.2) is 20.5 Å². The summed E-state index contributed by atoms with van der Waals surface area (Å²) in [5.74, 6) is -0.196. The molecule has 0 aliphatic rings. The van der Waals surface area contributed by atoms with E-state index in [1.807, 2.05) is 31.2 Å². The summed E-state index contributed by atoms with van der Waals surface area (Å²) in [6, 6.07) is 7.70. The fourth-order valence-electron chi connectivity index (χ4n) is 2.16. The van der Waals surface area contributed by atoms with Gasteiger partial charge in [-0.1, -0.05) is 34.1 Å². The van der Waals surface area contributed by atoms with Gasteiger partial charge in [-0.15, -0.1) is 0 Å². The number of anilines is 1. The van der Waals surface area contributed by atoms with Crippen LogP contribution in [0.3, 0.4) is 0 Å². The monoisotopic (exact) mass is 344 g/mol. The lowest BCUT2D eigenvalue weighted by atomic mass is 10.1. The van der Waals surface area contributed by atoms with Crippen molar-refractivity contribution in [1.29, 1.82) is 0 Å². The number of alkyl halides is 1. The number of aromatic nitrogens is 3. The lowest BCUT2D eigenvalue weighted by Crippen LogP contribution is -2.13. The van der Waals surface area contributed by atoms with Crippen molar-refractivity contribution in [3.8, 4) is 0 Å². The first-order valence-electron chi connectivity index (χ1n) is 6.48. The van der Waals surface area contributed by atoms with E-state index in [1.54, 1.807) is 29.3 Å². The smallest absolute Gasteiger partial charge is 0.259 e. The molecule has 0 spiro atoms. The summed E-state index contributed by atoms with van der Waals surface area (Å²) in [6.45, 7) is 2.02. The van der Waals surface area contributed by atoms with Gasteiger partial charge >= 0.3 is 0 Å². The fourth-order valence-corrected chi connectivity index (χ4v) is 2.56. The zero-order valence-electron chi connectivity index (χ0n) is 11.3. The van der Waals surface area contributed by atoms with Gasteiger partial charge in [0.05, 0.1) is 23.5 Å². The second kappa shape index (κ2) is 5.65. The number of hydrogen-bond donors (Lipinski definition) is 1. The molecule has 0 aliphatic carbocycles. The molecule has 1 unspecified atom stereocenters. The van der Waals surface area contributed by atoms with Crippen LogP contribution in [0.1, 0.15) is 27.7 Å². The summed E-state index contributed by atoms with van der Waals surface area (Å²) >= 11 is 3.53. The third-order valence-electron chi connectivity index (χ3n) is 3.21. The highest BCUT2D eigenvalue weighted by Gasteiger charge is 2.15. The topological polar surface area (TPSA) is 59.3 Å². The minimum atomic E-state index is -0.196.